The van der Waals surface area contributed by atoms with E-state index < -0.39 is 0 Å². The van der Waals surface area contributed by atoms with Crippen molar-refractivity contribution in [2.24, 2.45) is 0 Å². The summed E-state index contributed by atoms with van der Waals surface area (Å²) in [6, 6.07) is 7.02. The number of nitrogens with one attached hydrogen (secondary N) is 1. The number of likely N-dealkylation sites (N-methyl/N-ethyl adjacent to an activating group) is 1. The smallest absolute Gasteiger partial charge is 0.138 e. The van der Waals surface area contributed by atoms with Crippen LogP contribution in [0.15, 0.2) is 23.1 Å². The van der Waals surface area contributed by atoms with Crippen LogP contribution >= 0.6 is 11.8 Å². The van der Waals surface area contributed by atoms with Crippen LogP contribution in [0.4, 0.5) is 0 Å². The van der Waals surface area contributed by atoms with Gasteiger partial charge in [0.2, 0.25) is 0 Å². The van der Waals surface area contributed by atoms with Gasteiger partial charge in [-0.05, 0) is 38.1 Å². The van der Waals surface area contributed by atoms with Gasteiger partial charge in [-0.1, -0.05) is 17.8 Å². The van der Waals surface area contributed by atoms with Gasteiger partial charge in [-0.2, -0.15) is 0 Å². The fourth-order valence-electron chi connectivity index (χ4n) is 1.52. The van der Waals surface area contributed by atoms with Crippen molar-refractivity contribution in [2.75, 3.05) is 13.0 Å². The van der Waals surface area contributed by atoms with E-state index in [1.807, 2.05) is 7.05 Å². The molecule has 0 saturated carbocycles. The van der Waals surface area contributed by atoms with Crippen molar-refractivity contribution < 1.29 is 4.74 Å². The average molecular weight is 209 g/mol. The summed E-state index contributed by atoms with van der Waals surface area (Å²) >= 11 is 1.76. The van der Waals surface area contributed by atoms with Crippen LogP contribution in [0.3, 0.4) is 0 Å². The molecule has 0 aromatic heterocycles. The molecule has 1 aromatic rings. The van der Waals surface area contributed by atoms with Crippen LogP contribution in [0.1, 0.15) is 12.5 Å². The second-order valence-corrected chi connectivity index (χ2v) is 4.55. The van der Waals surface area contributed by atoms with Crippen LogP contribution in [0.25, 0.3) is 0 Å². The lowest BCUT2D eigenvalue weighted by Gasteiger charge is -2.10. The van der Waals surface area contributed by atoms with Crippen LogP contribution in [-0.4, -0.2) is 19.0 Å². The average Bonchev–Trinajstić information content (AvgIpc) is 2.64. The number of hydrogen-bond donors (Lipinski definition) is 1. The van der Waals surface area contributed by atoms with Crippen molar-refractivity contribution in [1.29, 1.82) is 0 Å². The van der Waals surface area contributed by atoms with Gasteiger partial charge >= 0.3 is 0 Å². The summed E-state index contributed by atoms with van der Waals surface area (Å²) in [5, 5.41) is 3.24. The summed E-state index contributed by atoms with van der Waals surface area (Å²) in [5.41, 5.74) is 1.34. The van der Waals surface area contributed by atoms with E-state index in [0.29, 0.717) is 6.04 Å². The fraction of sp³-hybridized carbons (Fsp3) is 0.455. The monoisotopic (exact) mass is 209 g/mol. The van der Waals surface area contributed by atoms with Crippen molar-refractivity contribution >= 4 is 11.8 Å². The van der Waals surface area contributed by atoms with Crippen LogP contribution in [0.5, 0.6) is 5.75 Å². The third-order valence-corrected chi connectivity index (χ3v) is 3.36. The number of benzene rings is 1. The molecule has 1 aliphatic heterocycles. The molecule has 3 heteroatoms. The molecule has 0 saturated heterocycles. The van der Waals surface area contributed by atoms with Gasteiger partial charge in [-0.15, -0.1) is 0 Å². The van der Waals surface area contributed by atoms with Crippen molar-refractivity contribution in [1.82, 2.24) is 5.32 Å². The minimum Gasteiger partial charge on any atom is -0.481 e. The molecule has 1 aliphatic rings. The minimum atomic E-state index is 0.516. The maximum atomic E-state index is 5.50. The molecule has 1 heterocycles. The molecule has 2 rings (SSSR count). The van der Waals surface area contributed by atoms with E-state index >= 15 is 0 Å². The van der Waals surface area contributed by atoms with E-state index in [0.717, 1.165) is 18.1 Å². The van der Waals surface area contributed by atoms with Gasteiger partial charge < -0.3 is 10.1 Å². The van der Waals surface area contributed by atoms with E-state index in [9.17, 15) is 0 Å². The van der Waals surface area contributed by atoms with Gasteiger partial charge in [0.1, 0.15) is 11.7 Å². The van der Waals surface area contributed by atoms with Crippen molar-refractivity contribution in [2.45, 2.75) is 24.3 Å². The van der Waals surface area contributed by atoms with Gasteiger partial charge in [0.15, 0.2) is 0 Å². The number of rotatable bonds is 3. The summed E-state index contributed by atoms with van der Waals surface area (Å²) in [7, 11) is 1.99. The quantitative estimate of drug-likeness (QED) is 0.825. The maximum absolute atomic E-state index is 5.50. The molecule has 1 aromatic carbocycles. The molecule has 0 amide bonds. The lowest BCUT2D eigenvalue weighted by Crippen LogP contribution is -2.23. The topological polar surface area (TPSA) is 21.3 Å². The summed E-state index contributed by atoms with van der Waals surface area (Å²) < 4.78 is 5.50. The molecular formula is C11H15NOS. The first kappa shape index (κ1) is 9.87. The van der Waals surface area contributed by atoms with Crippen molar-refractivity contribution in [3.05, 3.63) is 23.8 Å². The van der Waals surface area contributed by atoms with E-state index in [4.69, 9.17) is 4.74 Å². The van der Waals surface area contributed by atoms with Crippen LogP contribution < -0.4 is 10.1 Å². The Morgan fingerprint density at radius 2 is 2.43 bits per heavy atom. The fourth-order valence-corrected chi connectivity index (χ4v) is 2.26. The third-order valence-electron chi connectivity index (χ3n) is 2.47. The Kier molecular flexibility index (Phi) is 2.99. The summed E-state index contributed by atoms with van der Waals surface area (Å²) in [6.07, 6.45) is 1.05. The zero-order valence-electron chi connectivity index (χ0n) is 8.54. The lowest BCUT2D eigenvalue weighted by molar-refractivity contribution is 0.397. The molecule has 0 spiro atoms. The molecule has 0 unspecified atom stereocenters. The van der Waals surface area contributed by atoms with E-state index in [1.54, 1.807) is 11.8 Å². The molecule has 1 atom stereocenters. The third kappa shape index (κ3) is 2.04. The highest BCUT2D eigenvalue weighted by atomic mass is 32.2. The molecule has 14 heavy (non-hydrogen) atoms. The first-order valence-corrected chi connectivity index (χ1v) is 5.84. The highest BCUT2D eigenvalue weighted by Gasteiger charge is 2.13. The Labute approximate surface area is 89.0 Å². The Morgan fingerprint density at radius 1 is 1.57 bits per heavy atom. The number of thioether (sulfide) groups is 1. The second kappa shape index (κ2) is 4.24. The Hall–Kier alpha value is -0.670. The number of hydrogen-bond acceptors (Lipinski definition) is 3. The second-order valence-electron chi connectivity index (χ2n) is 3.58. The van der Waals surface area contributed by atoms with Gasteiger partial charge in [0.05, 0.1) is 4.90 Å². The van der Waals surface area contributed by atoms with Crippen LogP contribution in [0.2, 0.25) is 0 Å². The molecule has 76 valence electrons. The molecule has 1 N–H and O–H groups in total. The normalized spacial score (nSPS) is 16.1. The van der Waals surface area contributed by atoms with Gasteiger partial charge in [0, 0.05) is 6.04 Å². The van der Waals surface area contributed by atoms with Gasteiger partial charge in [0.25, 0.3) is 0 Å². The van der Waals surface area contributed by atoms with Gasteiger partial charge in [-0.3, -0.25) is 0 Å². The molecule has 2 nitrogen and oxygen atoms in total. The van der Waals surface area contributed by atoms with E-state index in [2.05, 4.69) is 30.4 Å². The molecule has 0 fully saturated rings. The standard InChI is InChI=1S/C11H15NOS/c1-8(12-2)5-9-3-4-11-10(6-9)13-7-14-11/h3-4,6,8,12H,5,7H2,1-2H3/t8-/m1/s1. The van der Waals surface area contributed by atoms with Crippen LogP contribution in [0, 0.1) is 0 Å². The Bertz CT molecular complexity index is 327. The summed E-state index contributed by atoms with van der Waals surface area (Å²) in [6.45, 7) is 2.18. The van der Waals surface area contributed by atoms with Gasteiger partial charge in [-0.25, -0.2) is 0 Å². The predicted octanol–water partition coefficient (Wildman–Crippen LogP) is 2.28. The van der Waals surface area contributed by atoms with Crippen molar-refractivity contribution in [3.63, 3.8) is 0 Å². The SMILES string of the molecule is CN[C@H](C)Cc1ccc2c(c1)OCS2. The Morgan fingerprint density at radius 3 is 3.21 bits per heavy atom. The van der Waals surface area contributed by atoms with Crippen LogP contribution in [-0.2, 0) is 6.42 Å². The molecular weight excluding hydrogens is 194 g/mol. The summed E-state index contributed by atoms with van der Waals surface area (Å²) in [4.78, 5) is 1.27. The first-order chi connectivity index (χ1) is 6.79. The maximum Gasteiger partial charge on any atom is 0.138 e. The predicted molar refractivity (Wildman–Crippen MR) is 60.0 cm³/mol. The highest BCUT2D eigenvalue weighted by Crippen LogP contribution is 2.36. The Balaban J connectivity index is 2.12. The van der Waals surface area contributed by atoms with E-state index in [1.165, 1.54) is 10.5 Å². The van der Waals surface area contributed by atoms with E-state index in [-0.39, 0.29) is 0 Å². The number of ether oxygens (including phenoxy) is 1. The zero-order valence-corrected chi connectivity index (χ0v) is 9.36. The highest BCUT2D eigenvalue weighted by molar-refractivity contribution is 7.99. The molecule has 0 radical (unpaired) electrons. The minimum absolute atomic E-state index is 0.516. The number of fused-ring (bicyclic) bond motifs is 1. The first-order valence-electron chi connectivity index (χ1n) is 4.85. The molecule has 0 bridgehead atoms. The zero-order chi connectivity index (χ0) is 9.97. The largest absolute Gasteiger partial charge is 0.481 e. The van der Waals surface area contributed by atoms with Crippen molar-refractivity contribution in [3.8, 4) is 5.75 Å². The summed E-state index contributed by atoms with van der Waals surface area (Å²) in [5.74, 6) is 1.82. The molecule has 0 aliphatic carbocycles. The lowest BCUT2D eigenvalue weighted by atomic mass is 10.1.